The summed E-state index contributed by atoms with van der Waals surface area (Å²) in [5.74, 6) is 1.06. The van der Waals surface area contributed by atoms with Gasteiger partial charge in [0.1, 0.15) is 5.83 Å². The molecular formula is C17H22BrFO2. The maximum absolute atomic E-state index is 13.8. The summed E-state index contributed by atoms with van der Waals surface area (Å²) >= 11 is 3.20. The molecule has 116 valence electrons. The Bertz CT molecular complexity index is 495. The van der Waals surface area contributed by atoms with Gasteiger partial charge in [0.15, 0.2) is 0 Å². The SMILES string of the molecule is C#CC(OC(=O)C1C(C=C(C)C)C1(C)C)C(F)=CCCBr. The van der Waals surface area contributed by atoms with Crippen LogP contribution in [0.5, 0.6) is 0 Å². The third-order valence-corrected chi connectivity index (χ3v) is 4.22. The van der Waals surface area contributed by atoms with E-state index in [1.807, 2.05) is 27.7 Å². The molecule has 0 aromatic rings. The number of rotatable bonds is 6. The lowest BCUT2D eigenvalue weighted by Gasteiger charge is -2.11. The van der Waals surface area contributed by atoms with Crippen molar-refractivity contribution in [2.45, 2.75) is 40.2 Å². The van der Waals surface area contributed by atoms with Crippen molar-refractivity contribution < 1.29 is 13.9 Å². The quantitative estimate of drug-likeness (QED) is 0.305. The van der Waals surface area contributed by atoms with E-state index in [0.717, 1.165) is 5.57 Å². The van der Waals surface area contributed by atoms with E-state index in [0.29, 0.717) is 11.8 Å². The average Bonchev–Trinajstić information content (AvgIpc) is 2.93. The molecule has 0 heterocycles. The fourth-order valence-electron chi connectivity index (χ4n) is 2.46. The van der Waals surface area contributed by atoms with E-state index in [1.165, 1.54) is 6.08 Å². The summed E-state index contributed by atoms with van der Waals surface area (Å²) in [6.07, 6.45) is 7.95. The number of terminal acetylenes is 1. The van der Waals surface area contributed by atoms with Crippen LogP contribution in [-0.4, -0.2) is 17.4 Å². The van der Waals surface area contributed by atoms with Crippen LogP contribution >= 0.6 is 15.9 Å². The minimum atomic E-state index is -1.22. The topological polar surface area (TPSA) is 26.3 Å². The first-order valence-corrected chi connectivity index (χ1v) is 8.11. The second kappa shape index (κ2) is 7.26. The number of ether oxygens (including phenoxy) is 1. The Balaban J connectivity index is 2.73. The Labute approximate surface area is 135 Å². The molecule has 0 aromatic carbocycles. The van der Waals surface area contributed by atoms with E-state index in [9.17, 15) is 9.18 Å². The summed E-state index contributed by atoms with van der Waals surface area (Å²) < 4.78 is 19.0. The highest BCUT2D eigenvalue weighted by Gasteiger charge is 2.61. The second-order valence-electron chi connectivity index (χ2n) is 6.12. The van der Waals surface area contributed by atoms with Crippen LogP contribution in [-0.2, 0) is 9.53 Å². The number of esters is 1. The zero-order valence-electron chi connectivity index (χ0n) is 13.0. The molecule has 0 radical (unpaired) electrons. The Kier molecular flexibility index (Phi) is 6.22. The third kappa shape index (κ3) is 4.44. The van der Waals surface area contributed by atoms with Crippen molar-refractivity contribution in [3.63, 3.8) is 0 Å². The van der Waals surface area contributed by atoms with Gasteiger partial charge in [0.05, 0.1) is 5.92 Å². The largest absolute Gasteiger partial charge is 0.441 e. The zero-order valence-corrected chi connectivity index (χ0v) is 14.5. The average molecular weight is 357 g/mol. The van der Waals surface area contributed by atoms with Gasteiger partial charge in [-0.3, -0.25) is 4.79 Å². The monoisotopic (exact) mass is 356 g/mol. The molecule has 3 unspecified atom stereocenters. The number of allylic oxidation sites excluding steroid dienone is 3. The Hall–Kier alpha value is -1.08. The van der Waals surface area contributed by atoms with Crippen molar-refractivity contribution in [1.82, 2.24) is 0 Å². The standard InChI is InChI=1S/C17H22BrFO2/c1-6-14(13(19)8-7-9-18)21-16(20)15-12(10-11(2)3)17(15,4)5/h1,8,10,12,14-15H,7,9H2,2-5H3. The molecule has 1 fully saturated rings. The summed E-state index contributed by atoms with van der Waals surface area (Å²) in [5, 5.41) is 0.629. The molecule has 1 saturated carbocycles. The molecule has 0 amide bonds. The second-order valence-corrected chi connectivity index (χ2v) is 6.91. The first kappa shape index (κ1) is 18.0. The van der Waals surface area contributed by atoms with Crippen LogP contribution in [0.1, 0.15) is 34.1 Å². The van der Waals surface area contributed by atoms with Crippen LogP contribution in [0.25, 0.3) is 0 Å². The third-order valence-electron chi connectivity index (χ3n) is 3.76. The highest BCUT2D eigenvalue weighted by Crippen LogP contribution is 2.59. The van der Waals surface area contributed by atoms with Crippen molar-refractivity contribution >= 4 is 21.9 Å². The minimum Gasteiger partial charge on any atom is -0.441 e. The van der Waals surface area contributed by atoms with Gasteiger partial charge in [-0.15, -0.1) is 6.42 Å². The van der Waals surface area contributed by atoms with Gasteiger partial charge in [-0.25, -0.2) is 4.39 Å². The molecule has 0 saturated heterocycles. The summed E-state index contributed by atoms with van der Waals surface area (Å²) in [5.41, 5.74) is 0.990. The van der Waals surface area contributed by atoms with Crippen molar-refractivity contribution in [2.24, 2.45) is 17.3 Å². The van der Waals surface area contributed by atoms with Gasteiger partial charge in [0.25, 0.3) is 0 Å². The van der Waals surface area contributed by atoms with E-state index in [2.05, 4.69) is 27.9 Å². The van der Waals surface area contributed by atoms with Crippen LogP contribution in [0.2, 0.25) is 0 Å². The first-order valence-electron chi connectivity index (χ1n) is 6.98. The van der Waals surface area contributed by atoms with Crippen molar-refractivity contribution in [3.05, 3.63) is 23.6 Å². The molecule has 4 heteroatoms. The maximum Gasteiger partial charge on any atom is 0.311 e. The molecule has 1 aliphatic carbocycles. The van der Waals surface area contributed by atoms with Gasteiger partial charge >= 0.3 is 5.97 Å². The van der Waals surface area contributed by atoms with Crippen molar-refractivity contribution in [2.75, 3.05) is 5.33 Å². The van der Waals surface area contributed by atoms with Crippen molar-refractivity contribution in [1.29, 1.82) is 0 Å². The van der Waals surface area contributed by atoms with E-state index in [1.54, 1.807) is 0 Å². The number of hydrogen-bond acceptors (Lipinski definition) is 2. The molecular weight excluding hydrogens is 335 g/mol. The molecule has 0 spiro atoms. The van der Waals surface area contributed by atoms with Crippen LogP contribution < -0.4 is 0 Å². The molecule has 21 heavy (non-hydrogen) atoms. The normalized spacial score (nSPS) is 24.7. The highest BCUT2D eigenvalue weighted by molar-refractivity contribution is 9.09. The zero-order chi connectivity index (χ0) is 16.2. The lowest BCUT2D eigenvalue weighted by atomic mass is 10.1. The van der Waals surface area contributed by atoms with E-state index in [-0.39, 0.29) is 17.3 Å². The van der Waals surface area contributed by atoms with Crippen LogP contribution in [0.3, 0.4) is 0 Å². The van der Waals surface area contributed by atoms with Crippen LogP contribution in [0.4, 0.5) is 4.39 Å². The van der Waals surface area contributed by atoms with E-state index >= 15 is 0 Å². The number of halogens is 2. The van der Waals surface area contributed by atoms with Crippen molar-refractivity contribution in [3.8, 4) is 12.3 Å². The summed E-state index contributed by atoms with van der Waals surface area (Å²) in [7, 11) is 0. The maximum atomic E-state index is 13.8. The predicted molar refractivity (Wildman–Crippen MR) is 86.5 cm³/mol. The summed E-state index contributed by atoms with van der Waals surface area (Å²) in [6.45, 7) is 7.99. The van der Waals surface area contributed by atoms with E-state index in [4.69, 9.17) is 11.2 Å². The molecule has 0 aliphatic heterocycles. The number of alkyl halides is 1. The Morgan fingerprint density at radius 3 is 2.62 bits per heavy atom. The highest BCUT2D eigenvalue weighted by atomic mass is 79.9. The molecule has 1 aliphatic rings. The fraction of sp³-hybridized carbons (Fsp3) is 0.588. The van der Waals surface area contributed by atoms with Gasteiger partial charge in [0.2, 0.25) is 6.10 Å². The molecule has 1 rings (SSSR count). The minimum absolute atomic E-state index is 0.128. The van der Waals surface area contributed by atoms with Gasteiger partial charge in [-0.05, 0) is 37.7 Å². The fourth-order valence-corrected chi connectivity index (χ4v) is 2.69. The lowest BCUT2D eigenvalue weighted by Crippen LogP contribution is -2.20. The lowest BCUT2D eigenvalue weighted by molar-refractivity contribution is -0.148. The van der Waals surface area contributed by atoms with Crippen LogP contribution in [0.15, 0.2) is 23.6 Å². The number of carbonyl (C=O) groups excluding carboxylic acids is 1. The Morgan fingerprint density at radius 1 is 1.52 bits per heavy atom. The van der Waals surface area contributed by atoms with Gasteiger partial charge in [-0.1, -0.05) is 47.3 Å². The molecule has 0 bridgehead atoms. The molecule has 0 aromatic heterocycles. The molecule has 2 nitrogen and oxygen atoms in total. The number of hydrogen-bond donors (Lipinski definition) is 0. The van der Waals surface area contributed by atoms with Gasteiger partial charge in [0, 0.05) is 5.33 Å². The van der Waals surface area contributed by atoms with E-state index < -0.39 is 17.9 Å². The smallest absolute Gasteiger partial charge is 0.311 e. The summed E-state index contributed by atoms with van der Waals surface area (Å²) in [4.78, 5) is 12.2. The van der Waals surface area contributed by atoms with Gasteiger partial charge in [-0.2, -0.15) is 0 Å². The first-order chi connectivity index (χ1) is 9.75. The predicted octanol–water partition coefficient (Wildman–Crippen LogP) is 4.41. The van der Waals surface area contributed by atoms with Gasteiger partial charge < -0.3 is 4.74 Å². The molecule has 3 atom stereocenters. The van der Waals surface area contributed by atoms with Crippen LogP contribution in [0, 0.1) is 29.6 Å². The Morgan fingerprint density at radius 2 is 2.14 bits per heavy atom. The molecule has 0 N–H and O–H groups in total. The number of carbonyl (C=O) groups is 1. The summed E-state index contributed by atoms with van der Waals surface area (Å²) in [6, 6.07) is 0.